The molecule has 0 bridgehead atoms. The van der Waals surface area contributed by atoms with Crippen molar-refractivity contribution >= 4 is 28.2 Å². The zero-order chi connectivity index (χ0) is 22.6. The Kier molecular flexibility index (Phi) is 6.24. The molecule has 6 heteroatoms. The molecule has 0 saturated carbocycles. The molecule has 170 valence electrons. The topological polar surface area (TPSA) is 70.5 Å². The van der Waals surface area contributed by atoms with Crippen molar-refractivity contribution in [1.82, 2.24) is 19.3 Å². The van der Waals surface area contributed by atoms with Crippen molar-refractivity contribution in [2.75, 3.05) is 13.1 Å². The number of unbranched alkanes of at least 4 members (excludes halogenated alkanes) is 2. The normalized spacial score (nSPS) is 14.8. The summed E-state index contributed by atoms with van der Waals surface area (Å²) in [5.41, 5.74) is 3.39. The van der Waals surface area contributed by atoms with E-state index in [1.807, 2.05) is 64.3 Å². The van der Waals surface area contributed by atoms with Gasteiger partial charge in [0.25, 0.3) is 5.91 Å². The Morgan fingerprint density at radius 3 is 2.73 bits per heavy atom. The number of aromatic amines is 1. The highest BCUT2D eigenvalue weighted by Gasteiger charge is 2.23. The van der Waals surface area contributed by atoms with Crippen LogP contribution in [0.1, 0.15) is 65.7 Å². The van der Waals surface area contributed by atoms with E-state index in [-0.39, 0.29) is 11.7 Å². The predicted octanol–water partition coefficient (Wildman–Crippen LogP) is 5.50. The lowest BCUT2D eigenvalue weighted by Crippen LogP contribution is -2.38. The van der Waals surface area contributed by atoms with Crippen molar-refractivity contribution in [3.05, 3.63) is 72.3 Å². The second-order valence-electron chi connectivity index (χ2n) is 9.15. The molecule has 0 aliphatic carbocycles. The second-order valence-corrected chi connectivity index (χ2v) is 9.15. The van der Waals surface area contributed by atoms with Crippen molar-refractivity contribution < 1.29 is 9.59 Å². The third-order valence-electron chi connectivity index (χ3n) is 6.93. The highest BCUT2D eigenvalue weighted by atomic mass is 16.2. The molecule has 1 aromatic carbocycles. The lowest BCUT2D eigenvalue weighted by molar-refractivity contribution is 0.0686. The minimum atomic E-state index is 0.136. The number of ketones is 1. The largest absolute Gasteiger partial charge is 0.361 e. The van der Waals surface area contributed by atoms with Crippen LogP contribution in [0.3, 0.4) is 0 Å². The van der Waals surface area contributed by atoms with Gasteiger partial charge in [0.15, 0.2) is 5.78 Å². The van der Waals surface area contributed by atoms with Gasteiger partial charge in [-0.25, -0.2) is 4.98 Å². The number of likely N-dealkylation sites (tertiary alicyclic amines) is 1. The number of nitrogens with zero attached hydrogens (tertiary/aromatic N) is 3. The zero-order valence-corrected chi connectivity index (χ0v) is 18.9. The van der Waals surface area contributed by atoms with Gasteiger partial charge in [0.1, 0.15) is 5.65 Å². The molecular weight excluding hydrogens is 412 g/mol. The summed E-state index contributed by atoms with van der Waals surface area (Å²) in [6.07, 6.45) is 14.5. The molecule has 5 rings (SSSR count). The lowest BCUT2D eigenvalue weighted by atomic mass is 9.90. The Labute approximate surface area is 193 Å². The van der Waals surface area contributed by atoms with Gasteiger partial charge in [0.2, 0.25) is 0 Å². The Morgan fingerprint density at radius 1 is 1.00 bits per heavy atom. The number of fused-ring (bicyclic) bond motifs is 2. The number of piperidine rings is 1. The molecule has 0 unspecified atom stereocenters. The number of imidazole rings is 1. The van der Waals surface area contributed by atoms with E-state index in [2.05, 4.69) is 9.97 Å². The van der Waals surface area contributed by atoms with E-state index in [1.165, 1.54) is 6.42 Å². The maximum absolute atomic E-state index is 12.9. The first-order chi connectivity index (χ1) is 16.2. The molecule has 1 saturated heterocycles. The maximum Gasteiger partial charge on any atom is 0.253 e. The minimum absolute atomic E-state index is 0.136. The third kappa shape index (κ3) is 4.85. The van der Waals surface area contributed by atoms with Crippen molar-refractivity contribution in [1.29, 1.82) is 0 Å². The number of hydrogen-bond acceptors (Lipinski definition) is 3. The number of H-pyrrole nitrogens is 1. The van der Waals surface area contributed by atoms with Gasteiger partial charge in [0.05, 0.1) is 0 Å². The molecule has 0 spiro atoms. The van der Waals surface area contributed by atoms with Crippen LogP contribution in [-0.2, 0) is 0 Å². The van der Waals surface area contributed by atoms with E-state index >= 15 is 0 Å². The molecule has 1 aliphatic rings. The number of carbonyl (C=O) groups excluding carboxylic acids is 2. The van der Waals surface area contributed by atoms with Crippen LogP contribution < -0.4 is 0 Å². The summed E-state index contributed by atoms with van der Waals surface area (Å²) in [6, 6.07) is 11.7. The highest BCUT2D eigenvalue weighted by molar-refractivity contribution is 5.98. The fourth-order valence-corrected chi connectivity index (χ4v) is 4.91. The molecule has 4 heterocycles. The fourth-order valence-electron chi connectivity index (χ4n) is 4.91. The van der Waals surface area contributed by atoms with E-state index in [4.69, 9.17) is 0 Å². The summed E-state index contributed by atoms with van der Waals surface area (Å²) >= 11 is 0. The number of pyridine rings is 1. The summed E-state index contributed by atoms with van der Waals surface area (Å²) in [5, 5.41) is 1.13. The fraction of sp³-hybridized carbons (Fsp3) is 0.370. The van der Waals surface area contributed by atoms with Crippen molar-refractivity contribution in [2.24, 2.45) is 5.92 Å². The van der Waals surface area contributed by atoms with Gasteiger partial charge in [-0.05, 0) is 60.9 Å². The molecule has 6 nitrogen and oxygen atoms in total. The van der Waals surface area contributed by atoms with Gasteiger partial charge in [0, 0.05) is 60.9 Å². The number of Topliss-reactive ketones (excluding diaryl/α,β-unsaturated/α-hetero) is 1. The monoisotopic (exact) mass is 442 g/mol. The summed E-state index contributed by atoms with van der Waals surface area (Å²) in [4.78, 5) is 34.8. The Hall–Kier alpha value is -3.41. The summed E-state index contributed by atoms with van der Waals surface area (Å²) in [5.74, 6) is 1.02. The zero-order valence-electron chi connectivity index (χ0n) is 18.9. The van der Waals surface area contributed by atoms with Crippen LogP contribution in [-0.4, -0.2) is 44.0 Å². The summed E-state index contributed by atoms with van der Waals surface area (Å²) in [6.45, 7) is 1.67. The highest BCUT2D eigenvalue weighted by Crippen LogP contribution is 2.25. The number of benzene rings is 1. The first-order valence-electron chi connectivity index (χ1n) is 12.0. The van der Waals surface area contributed by atoms with Crippen LogP contribution in [0, 0.1) is 5.92 Å². The van der Waals surface area contributed by atoms with Gasteiger partial charge >= 0.3 is 0 Å². The minimum Gasteiger partial charge on any atom is -0.361 e. The SMILES string of the molecule is O=C(CCCCCC1CCN(C(=O)c2ccc3cc[nH]c3c2)CC1)c1ccc2nccn2c1. The number of amides is 1. The smallest absolute Gasteiger partial charge is 0.253 e. The van der Waals surface area contributed by atoms with Gasteiger partial charge in [-0.2, -0.15) is 0 Å². The molecule has 0 atom stereocenters. The van der Waals surface area contributed by atoms with Crippen LogP contribution in [0.15, 0.2) is 61.2 Å². The van der Waals surface area contributed by atoms with Crippen molar-refractivity contribution in [2.45, 2.75) is 44.9 Å². The predicted molar refractivity (Wildman–Crippen MR) is 130 cm³/mol. The number of rotatable bonds is 8. The van der Waals surface area contributed by atoms with E-state index in [0.29, 0.717) is 12.3 Å². The van der Waals surface area contributed by atoms with Crippen molar-refractivity contribution in [3.8, 4) is 0 Å². The third-order valence-corrected chi connectivity index (χ3v) is 6.93. The summed E-state index contributed by atoms with van der Waals surface area (Å²) < 4.78 is 1.89. The first kappa shape index (κ1) is 21.4. The molecule has 4 aromatic rings. The number of nitrogens with one attached hydrogen (secondary N) is 1. The maximum atomic E-state index is 12.9. The Bertz CT molecular complexity index is 1260. The van der Waals surface area contributed by atoms with Crippen LogP contribution in [0.5, 0.6) is 0 Å². The molecular formula is C27H30N4O2. The van der Waals surface area contributed by atoms with Crippen LogP contribution in [0.2, 0.25) is 0 Å². The molecule has 1 aliphatic heterocycles. The van der Waals surface area contributed by atoms with Gasteiger partial charge in [-0.3, -0.25) is 9.59 Å². The van der Waals surface area contributed by atoms with Gasteiger partial charge in [-0.1, -0.05) is 25.3 Å². The number of aromatic nitrogens is 3. The van der Waals surface area contributed by atoms with Gasteiger partial charge in [-0.15, -0.1) is 0 Å². The molecule has 1 N–H and O–H groups in total. The van der Waals surface area contributed by atoms with Crippen LogP contribution in [0.25, 0.3) is 16.6 Å². The van der Waals surface area contributed by atoms with E-state index < -0.39 is 0 Å². The Morgan fingerprint density at radius 2 is 1.85 bits per heavy atom. The number of hydrogen-bond donors (Lipinski definition) is 1. The van der Waals surface area contributed by atoms with E-state index in [1.54, 1.807) is 6.20 Å². The Balaban J connectivity index is 1.01. The lowest BCUT2D eigenvalue weighted by Gasteiger charge is -2.32. The van der Waals surface area contributed by atoms with E-state index in [0.717, 1.165) is 72.9 Å². The average Bonchev–Trinajstić information content (AvgIpc) is 3.52. The summed E-state index contributed by atoms with van der Waals surface area (Å²) in [7, 11) is 0. The molecule has 0 radical (unpaired) electrons. The average molecular weight is 443 g/mol. The standard InChI is InChI=1S/C27H30N4O2/c32-25(23-8-9-26-29-14-17-31(26)19-23)5-3-1-2-4-20-11-15-30(16-12-20)27(33)22-7-6-21-10-13-28-24(21)18-22/h6-10,13-14,17-20,28H,1-5,11-12,15-16H2. The van der Waals surface area contributed by atoms with Crippen LogP contribution in [0.4, 0.5) is 0 Å². The van der Waals surface area contributed by atoms with Crippen LogP contribution >= 0.6 is 0 Å². The van der Waals surface area contributed by atoms with Crippen molar-refractivity contribution in [3.63, 3.8) is 0 Å². The molecule has 1 amide bonds. The second kappa shape index (κ2) is 9.61. The number of carbonyl (C=O) groups is 2. The first-order valence-corrected chi connectivity index (χ1v) is 12.0. The molecule has 1 fully saturated rings. The molecule has 33 heavy (non-hydrogen) atoms. The van der Waals surface area contributed by atoms with Gasteiger partial charge < -0.3 is 14.3 Å². The quantitative estimate of drug-likeness (QED) is 0.289. The van der Waals surface area contributed by atoms with E-state index in [9.17, 15) is 9.59 Å². The molecule has 3 aromatic heterocycles.